The summed E-state index contributed by atoms with van der Waals surface area (Å²) in [6, 6.07) is 3.43. The first-order valence-electron chi connectivity index (χ1n) is 10.2. The lowest BCUT2D eigenvalue weighted by Gasteiger charge is -2.45. The van der Waals surface area contributed by atoms with E-state index >= 15 is 0 Å². The highest BCUT2D eigenvalue weighted by atomic mass is 35.5. The van der Waals surface area contributed by atoms with Gasteiger partial charge in [0.25, 0.3) is 6.20 Å². The van der Waals surface area contributed by atoms with Crippen LogP contribution in [0.5, 0.6) is 0 Å². The zero-order chi connectivity index (χ0) is 25.6. The van der Waals surface area contributed by atoms with Gasteiger partial charge < -0.3 is 57.7 Å². The van der Waals surface area contributed by atoms with Gasteiger partial charge in [0.15, 0.2) is 23.8 Å². The Bertz CT molecular complexity index is 886. The number of nitro groups is 1. The number of halogens is 1. The van der Waals surface area contributed by atoms with Crippen molar-refractivity contribution in [1.29, 1.82) is 0 Å². The van der Waals surface area contributed by atoms with Crippen molar-refractivity contribution in [3.05, 3.63) is 45.8 Å². The van der Waals surface area contributed by atoms with Crippen LogP contribution in [0.15, 0.2) is 28.6 Å². The Labute approximate surface area is 211 Å². The van der Waals surface area contributed by atoms with Crippen LogP contribution < -0.4 is 23.0 Å². The highest BCUT2D eigenvalue weighted by molar-refractivity contribution is 7.98. The third-order valence-corrected chi connectivity index (χ3v) is 6.19. The van der Waals surface area contributed by atoms with Gasteiger partial charge in [0.05, 0.1) is 24.8 Å². The molecule has 0 amide bonds. The van der Waals surface area contributed by atoms with Crippen molar-refractivity contribution in [1.82, 2.24) is 10.6 Å². The average Bonchev–Trinajstić information content (AvgIpc) is 3.17. The van der Waals surface area contributed by atoms with Crippen molar-refractivity contribution in [3.8, 4) is 0 Å². The van der Waals surface area contributed by atoms with Crippen LogP contribution in [0.2, 0.25) is 0 Å². The zero-order valence-electron chi connectivity index (χ0n) is 19.3. The van der Waals surface area contributed by atoms with E-state index in [0.29, 0.717) is 23.5 Å². The number of quaternary nitrogens is 1. The van der Waals surface area contributed by atoms with Crippen LogP contribution in [0.3, 0.4) is 0 Å². The molecule has 6 atom stereocenters. The number of hydrogen-bond donors (Lipinski definition) is 7. The lowest BCUT2D eigenvalue weighted by molar-refractivity contribution is -0.957. The topological polar surface area (TPSA) is 208 Å². The number of likely N-dealkylation sites (N-methyl/N-ethyl adjacent to an activating group) is 1. The van der Waals surface area contributed by atoms with E-state index in [2.05, 4.69) is 10.6 Å². The summed E-state index contributed by atoms with van der Waals surface area (Å²) >= 11 is 1.32. The van der Waals surface area contributed by atoms with E-state index in [1.807, 2.05) is 0 Å². The fourth-order valence-corrected chi connectivity index (χ4v) is 4.27. The van der Waals surface area contributed by atoms with Crippen molar-refractivity contribution in [2.75, 3.05) is 26.9 Å². The van der Waals surface area contributed by atoms with Gasteiger partial charge in [0, 0.05) is 12.8 Å². The molecule has 0 aromatic carbocycles. The number of aliphatic hydroxyl groups excluding tert-OH is 4. The van der Waals surface area contributed by atoms with Crippen LogP contribution >= 0.6 is 11.8 Å². The molecule has 1 fully saturated rings. The summed E-state index contributed by atoms with van der Waals surface area (Å²) in [4.78, 5) is 21.2. The van der Waals surface area contributed by atoms with Crippen LogP contribution in [0.4, 0.5) is 0 Å². The van der Waals surface area contributed by atoms with E-state index < -0.39 is 47.8 Å². The smallest absolute Gasteiger partial charge is 0.335 e. The first-order valence-corrected chi connectivity index (χ1v) is 11.4. The fraction of sp³-hybridized carbons (Fsp3) is 0.632. The summed E-state index contributed by atoms with van der Waals surface area (Å²) in [5.74, 6) is 0.322. The molecule has 35 heavy (non-hydrogen) atoms. The molecule has 0 radical (unpaired) electrons. The van der Waals surface area contributed by atoms with E-state index in [-0.39, 0.29) is 35.0 Å². The molecule has 1 aliphatic rings. The number of carboxylic acid groups (broad SMARTS) is 1. The van der Waals surface area contributed by atoms with E-state index in [0.717, 1.165) is 0 Å². The number of nitrogens with zero attached hydrogens (tertiary/aromatic N) is 2. The molecule has 2 rings (SSSR count). The number of aliphatic carboxylic acids is 1. The molecule has 0 saturated carbocycles. The molecule has 6 unspecified atom stereocenters. The van der Waals surface area contributed by atoms with E-state index in [4.69, 9.17) is 9.15 Å². The van der Waals surface area contributed by atoms with Crippen molar-refractivity contribution in [2.24, 2.45) is 0 Å². The average molecular weight is 543 g/mol. The number of ether oxygens (including phenoxy) is 1. The van der Waals surface area contributed by atoms with Gasteiger partial charge in [-0.25, -0.2) is 4.79 Å². The Kier molecular flexibility index (Phi) is 11.7. The maximum atomic E-state index is 11.4. The molecule has 1 aliphatic heterocycles. The molecule has 1 saturated heterocycles. The number of thioether (sulfide) groups is 1. The molecule has 2 heterocycles. The van der Waals surface area contributed by atoms with Crippen molar-refractivity contribution < 1.29 is 61.3 Å². The lowest BCUT2D eigenvalue weighted by Crippen LogP contribution is -3.00. The van der Waals surface area contributed by atoms with Crippen molar-refractivity contribution in [3.63, 3.8) is 0 Å². The first-order chi connectivity index (χ1) is 15.9. The quantitative estimate of drug-likeness (QED) is 0.0573. The number of hydrogen-bond acceptors (Lipinski definition) is 12. The Morgan fingerprint density at radius 1 is 1.26 bits per heavy atom. The summed E-state index contributed by atoms with van der Waals surface area (Å²) in [6.07, 6.45) is -8.14. The normalized spacial score (nSPS) is 25.9. The molecular formula is C19H31ClN4O10S. The van der Waals surface area contributed by atoms with Gasteiger partial charge in [-0.05, 0) is 12.1 Å². The van der Waals surface area contributed by atoms with Gasteiger partial charge in [-0.15, -0.1) is 11.8 Å². The van der Waals surface area contributed by atoms with Crippen LogP contribution in [0.25, 0.3) is 0 Å². The predicted molar refractivity (Wildman–Crippen MR) is 118 cm³/mol. The Morgan fingerprint density at radius 3 is 2.46 bits per heavy atom. The van der Waals surface area contributed by atoms with Gasteiger partial charge in [0.1, 0.15) is 30.7 Å². The molecule has 7 N–H and O–H groups in total. The zero-order valence-corrected chi connectivity index (χ0v) is 20.8. The maximum Gasteiger partial charge on any atom is 0.335 e. The van der Waals surface area contributed by atoms with E-state index in [1.165, 1.54) is 18.8 Å². The molecule has 0 bridgehead atoms. The van der Waals surface area contributed by atoms with Gasteiger partial charge in [-0.3, -0.25) is 14.6 Å². The second-order valence-corrected chi connectivity index (χ2v) is 9.35. The summed E-state index contributed by atoms with van der Waals surface area (Å²) in [7, 11) is 4.80. The fourth-order valence-electron chi connectivity index (χ4n) is 3.49. The number of carboxylic acids is 1. The number of carbonyl (C=O) groups is 1. The summed E-state index contributed by atoms with van der Waals surface area (Å²) in [6.45, 7) is 0.183. The van der Waals surface area contributed by atoms with Crippen LogP contribution in [-0.2, 0) is 21.8 Å². The summed E-state index contributed by atoms with van der Waals surface area (Å²) in [5, 5.41) is 65.2. The first kappa shape index (κ1) is 30.9. The van der Waals surface area contributed by atoms with Crippen LogP contribution in [-0.4, -0.2) is 105 Å². The minimum Gasteiger partial charge on any atom is -1.00 e. The molecule has 16 heteroatoms. The van der Waals surface area contributed by atoms with E-state index in [1.54, 1.807) is 26.2 Å². The number of nitrogens with one attached hydrogen (secondary N) is 2. The Balaban J connectivity index is 0.00000612. The van der Waals surface area contributed by atoms with E-state index in [9.17, 15) is 40.4 Å². The minimum absolute atomic E-state index is 0. The molecular weight excluding hydrogens is 512 g/mol. The standard InChI is InChI=1S/C19H30N4O10S.ClH/c1-20-12(6-22(30)31)21-13(24)9-34-8-11-5-4-10(32-11)7-23(2,3)18-16(27)14(25)15(26)17(33-18)19(28)29;/h4-6,13-18,20-21,24-27H,7-9H2,1-3H3;1H. The Hall–Kier alpha value is -2.11. The van der Waals surface area contributed by atoms with Gasteiger partial charge in [-0.2, -0.15) is 0 Å². The van der Waals surface area contributed by atoms with Crippen molar-refractivity contribution >= 4 is 17.7 Å². The highest BCUT2D eigenvalue weighted by Crippen LogP contribution is 2.29. The molecule has 0 spiro atoms. The summed E-state index contributed by atoms with van der Waals surface area (Å²) < 4.78 is 11.1. The number of aliphatic hydroxyl groups is 4. The monoisotopic (exact) mass is 542 g/mol. The molecule has 200 valence electrons. The number of furan rings is 1. The minimum atomic E-state index is -1.76. The maximum absolute atomic E-state index is 11.4. The molecule has 0 aliphatic carbocycles. The van der Waals surface area contributed by atoms with Gasteiger partial charge in [-0.1, -0.05) is 0 Å². The SMILES string of the molecule is CNC(=C[N+](=O)[O-])NC(O)CSCc1ccc(C[N+](C)(C)C2OC(C(=O)O)C(O)C(O)C2O)o1.[Cl-]. The molecule has 1 aromatic rings. The van der Waals surface area contributed by atoms with Gasteiger partial charge in [0.2, 0.25) is 6.23 Å². The molecule has 1 aromatic heterocycles. The second kappa shape index (κ2) is 13.3. The third kappa shape index (κ3) is 8.50. The third-order valence-electron chi connectivity index (χ3n) is 5.15. The highest BCUT2D eigenvalue weighted by Gasteiger charge is 2.53. The molecule has 14 nitrogen and oxygen atoms in total. The Morgan fingerprint density at radius 2 is 1.89 bits per heavy atom. The second-order valence-electron chi connectivity index (χ2n) is 8.32. The predicted octanol–water partition coefficient (Wildman–Crippen LogP) is -4.81. The lowest BCUT2D eigenvalue weighted by atomic mass is 9.96. The number of rotatable bonds is 12. The van der Waals surface area contributed by atoms with Gasteiger partial charge >= 0.3 is 5.97 Å². The summed E-state index contributed by atoms with van der Waals surface area (Å²) in [5.41, 5.74) is 0. The van der Waals surface area contributed by atoms with Crippen LogP contribution in [0, 0.1) is 10.1 Å². The largest absolute Gasteiger partial charge is 1.00 e. The van der Waals surface area contributed by atoms with Crippen molar-refractivity contribution in [2.45, 2.75) is 49.2 Å². The van der Waals surface area contributed by atoms with Crippen LogP contribution in [0.1, 0.15) is 11.5 Å².